The van der Waals surface area contributed by atoms with Crippen LogP contribution in [0.1, 0.15) is 12.6 Å². The van der Waals surface area contributed by atoms with Crippen LogP contribution in [0.15, 0.2) is 34.0 Å². The fraction of sp³-hybridized carbons (Fsp3) is 0.167. The van der Waals surface area contributed by atoms with Crippen LogP contribution in [-0.2, 0) is 6.42 Å². The lowest BCUT2D eigenvalue weighted by Gasteiger charge is -2.01. The Morgan fingerprint density at radius 1 is 1.40 bits per heavy atom. The van der Waals surface area contributed by atoms with Gasteiger partial charge in [0, 0.05) is 0 Å². The molecular weight excluding hydrogens is 297 g/mol. The maximum absolute atomic E-state index is 14.0. The molecule has 0 amide bonds. The van der Waals surface area contributed by atoms with Crippen molar-refractivity contribution in [2.24, 2.45) is 0 Å². The summed E-state index contributed by atoms with van der Waals surface area (Å²) in [5.74, 6) is 0.273. The smallest absolute Gasteiger partial charge is 0.215 e. The minimum absolute atomic E-state index is 0.244. The molecule has 20 heavy (non-hydrogen) atoms. The molecule has 3 heterocycles. The largest absolute Gasteiger partial charge is 0.257 e. The Bertz CT molecular complexity index is 710. The molecule has 8 heteroatoms. The topological polar surface area (TPSA) is 67.3 Å². The van der Waals surface area contributed by atoms with Crippen LogP contribution >= 0.6 is 23.1 Å². The zero-order valence-electron chi connectivity index (χ0n) is 10.5. The second-order valence-corrected chi connectivity index (χ2v) is 5.74. The Kier molecular flexibility index (Phi) is 3.75. The lowest BCUT2D eigenvalue weighted by atomic mass is 10.3. The fourth-order valence-electron chi connectivity index (χ4n) is 1.61. The molecule has 0 spiro atoms. The van der Waals surface area contributed by atoms with Crippen LogP contribution in [0.4, 0.5) is 4.39 Å². The third-order valence-electron chi connectivity index (χ3n) is 2.57. The number of aromatic amines is 1. The van der Waals surface area contributed by atoms with Gasteiger partial charge in [-0.3, -0.25) is 5.10 Å². The van der Waals surface area contributed by atoms with E-state index < -0.39 is 5.82 Å². The van der Waals surface area contributed by atoms with Gasteiger partial charge in [0.2, 0.25) is 5.16 Å². The molecule has 0 saturated carbocycles. The Morgan fingerprint density at radius 2 is 2.30 bits per heavy atom. The van der Waals surface area contributed by atoms with Gasteiger partial charge in [-0.2, -0.15) is 0 Å². The van der Waals surface area contributed by atoms with E-state index >= 15 is 0 Å². The SMILES string of the molecule is CCc1ncnc(Sc2n[nH]c(-c3cccs3)n2)c1F. The highest BCUT2D eigenvalue weighted by molar-refractivity contribution is 7.99. The highest BCUT2D eigenvalue weighted by Gasteiger charge is 2.14. The number of nitrogens with one attached hydrogen (secondary N) is 1. The van der Waals surface area contributed by atoms with Crippen LogP contribution in [0.5, 0.6) is 0 Å². The normalized spacial score (nSPS) is 10.9. The molecule has 3 aromatic heterocycles. The van der Waals surface area contributed by atoms with E-state index in [0.29, 0.717) is 23.1 Å². The minimum atomic E-state index is -0.400. The van der Waals surface area contributed by atoms with E-state index in [1.807, 2.05) is 24.4 Å². The first kappa shape index (κ1) is 13.2. The maximum Gasteiger partial charge on any atom is 0.215 e. The Balaban J connectivity index is 1.85. The van der Waals surface area contributed by atoms with Crippen molar-refractivity contribution in [3.05, 3.63) is 35.4 Å². The predicted octanol–water partition coefficient (Wildman–Crippen LogP) is 3.18. The first-order valence-corrected chi connectivity index (χ1v) is 7.61. The minimum Gasteiger partial charge on any atom is -0.257 e. The number of nitrogens with zero attached hydrogens (tertiary/aromatic N) is 4. The fourth-order valence-corrected chi connectivity index (χ4v) is 2.98. The molecule has 0 saturated heterocycles. The van der Waals surface area contributed by atoms with Crippen LogP contribution in [0, 0.1) is 5.82 Å². The maximum atomic E-state index is 14.0. The summed E-state index contributed by atoms with van der Waals surface area (Å²) < 4.78 is 14.0. The molecule has 3 aromatic rings. The van der Waals surface area contributed by atoms with Crippen molar-refractivity contribution in [1.29, 1.82) is 0 Å². The molecule has 0 aliphatic carbocycles. The molecule has 1 N–H and O–H groups in total. The standard InChI is InChI=1S/C12H10FN5S2/c1-2-7-9(13)11(15-6-14-7)20-12-16-10(17-18-12)8-4-3-5-19-8/h3-6H,2H2,1H3,(H,16,17,18). The quantitative estimate of drug-likeness (QED) is 0.750. The van der Waals surface area contributed by atoms with Gasteiger partial charge in [0.05, 0.1) is 10.6 Å². The Hall–Kier alpha value is -1.80. The molecule has 0 aromatic carbocycles. The summed E-state index contributed by atoms with van der Waals surface area (Å²) in [6, 6.07) is 3.88. The van der Waals surface area contributed by atoms with Crippen LogP contribution in [0.3, 0.4) is 0 Å². The number of halogens is 1. The van der Waals surface area contributed by atoms with Crippen molar-refractivity contribution in [3.63, 3.8) is 0 Å². The highest BCUT2D eigenvalue weighted by Crippen LogP contribution is 2.28. The molecule has 0 fully saturated rings. The summed E-state index contributed by atoms with van der Waals surface area (Å²) >= 11 is 2.65. The van der Waals surface area contributed by atoms with Gasteiger partial charge in [-0.25, -0.2) is 19.3 Å². The summed E-state index contributed by atoms with van der Waals surface area (Å²) in [7, 11) is 0. The number of H-pyrrole nitrogens is 1. The van der Waals surface area contributed by atoms with E-state index in [1.54, 1.807) is 11.3 Å². The average Bonchev–Trinajstić information content (AvgIpc) is 3.11. The Morgan fingerprint density at radius 3 is 3.05 bits per heavy atom. The summed E-state index contributed by atoms with van der Waals surface area (Å²) in [5.41, 5.74) is 0.400. The molecule has 102 valence electrons. The second kappa shape index (κ2) is 5.68. The van der Waals surface area contributed by atoms with Gasteiger partial charge in [-0.1, -0.05) is 13.0 Å². The van der Waals surface area contributed by atoms with E-state index in [2.05, 4.69) is 25.1 Å². The summed E-state index contributed by atoms with van der Waals surface area (Å²) in [4.78, 5) is 13.2. The van der Waals surface area contributed by atoms with Gasteiger partial charge in [-0.15, -0.1) is 16.4 Å². The highest BCUT2D eigenvalue weighted by atomic mass is 32.2. The summed E-state index contributed by atoms with van der Waals surface area (Å²) in [5, 5.41) is 9.55. The monoisotopic (exact) mass is 307 g/mol. The Labute approximate surface area is 122 Å². The van der Waals surface area contributed by atoms with Crippen molar-refractivity contribution in [1.82, 2.24) is 25.1 Å². The molecular formula is C12H10FN5S2. The number of rotatable bonds is 4. The van der Waals surface area contributed by atoms with E-state index in [1.165, 1.54) is 6.33 Å². The zero-order chi connectivity index (χ0) is 13.9. The first-order valence-electron chi connectivity index (χ1n) is 5.91. The van der Waals surface area contributed by atoms with Crippen LogP contribution < -0.4 is 0 Å². The number of hydrogen-bond acceptors (Lipinski definition) is 6. The van der Waals surface area contributed by atoms with Crippen molar-refractivity contribution >= 4 is 23.1 Å². The number of aromatic nitrogens is 5. The molecule has 0 aliphatic heterocycles. The van der Waals surface area contributed by atoms with Gasteiger partial charge in [-0.05, 0) is 29.6 Å². The number of thiophene rings is 1. The average molecular weight is 307 g/mol. The predicted molar refractivity (Wildman–Crippen MR) is 75.2 cm³/mol. The second-order valence-electron chi connectivity index (χ2n) is 3.84. The van der Waals surface area contributed by atoms with E-state index in [4.69, 9.17) is 0 Å². The van der Waals surface area contributed by atoms with Crippen molar-refractivity contribution < 1.29 is 4.39 Å². The molecule has 5 nitrogen and oxygen atoms in total. The van der Waals surface area contributed by atoms with Crippen molar-refractivity contribution in [2.75, 3.05) is 0 Å². The van der Waals surface area contributed by atoms with Gasteiger partial charge in [0.1, 0.15) is 11.4 Å². The van der Waals surface area contributed by atoms with Crippen molar-refractivity contribution in [2.45, 2.75) is 23.5 Å². The van der Waals surface area contributed by atoms with Gasteiger partial charge in [0.15, 0.2) is 11.6 Å². The molecule has 0 aliphatic rings. The number of hydrogen-bond donors (Lipinski definition) is 1. The first-order chi connectivity index (χ1) is 9.78. The molecule has 0 unspecified atom stereocenters. The van der Waals surface area contributed by atoms with Gasteiger partial charge in [0.25, 0.3) is 0 Å². The van der Waals surface area contributed by atoms with E-state index in [0.717, 1.165) is 16.6 Å². The summed E-state index contributed by atoms with van der Waals surface area (Å²) in [6.07, 6.45) is 1.88. The van der Waals surface area contributed by atoms with Gasteiger partial charge >= 0.3 is 0 Å². The summed E-state index contributed by atoms with van der Waals surface area (Å²) in [6.45, 7) is 1.85. The lowest BCUT2D eigenvalue weighted by Crippen LogP contribution is -1.97. The van der Waals surface area contributed by atoms with Crippen LogP contribution in [0.25, 0.3) is 10.7 Å². The number of aryl methyl sites for hydroxylation is 1. The molecule has 0 radical (unpaired) electrons. The third kappa shape index (κ3) is 2.56. The molecule has 3 rings (SSSR count). The van der Waals surface area contributed by atoms with Crippen molar-refractivity contribution in [3.8, 4) is 10.7 Å². The van der Waals surface area contributed by atoms with E-state index in [9.17, 15) is 4.39 Å². The van der Waals surface area contributed by atoms with Gasteiger partial charge < -0.3 is 0 Å². The zero-order valence-corrected chi connectivity index (χ0v) is 12.1. The lowest BCUT2D eigenvalue weighted by molar-refractivity contribution is 0.559. The molecule has 0 atom stereocenters. The molecule has 0 bridgehead atoms. The third-order valence-corrected chi connectivity index (χ3v) is 4.29. The van der Waals surface area contributed by atoms with Crippen LogP contribution in [0.2, 0.25) is 0 Å². The van der Waals surface area contributed by atoms with E-state index in [-0.39, 0.29) is 5.03 Å². The van der Waals surface area contributed by atoms with Crippen LogP contribution in [-0.4, -0.2) is 25.1 Å².